The average Bonchev–Trinajstić information content (AvgIpc) is 2.68. The van der Waals surface area contributed by atoms with Crippen LogP contribution in [0.25, 0.3) is 0 Å². The van der Waals surface area contributed by atoms with Crippen LogP contribution in [0, 0.1) is 0 Å². The van der Waals surface area contributed by atoms with E-state index in [1.165, 1.54) is 13.1 Å². The zero-order chi connectivity index (χ0) is 19.4. The van der Waals surface area contributed by atoms with E-state index in [1.807, 2.05) is 4.90 Å². The van der Waals surface area contributed by atoms with E-state index in [0.717, 1.165) is 0 Å². The van der Waals surface area contributed by atoms with Crippen molar-refractivity contribution < 1.29 is 14.4 Å². The SMILES string of the molecule is CC(=O)c1cccc(NC(=O)c2cnc(N3CCN(C(C)=O)CC3)cn2)c1. The molecule has 0 aliphatic carbocycles. The van der Waals surface area contributed by atoms with Gasteiger partial charge < -0.3 is 15.1 Å². The predicted octanol–water partition coefficient (Wildman–Crippen LogP) is 1.60. The number of aromatic nitrogens is 2. The van der Waals surface area contributed by atoms with Gasteiger partial charge in [0.1, 0.15) is 11.5 Å². The molecule has 27 heavy (non-hydrogen) atoms. The largest absolute Gasteiger partial charge is 0.352 e. The van der Waals surface area contributed by atoms with Crippen LogP contribution in [-0.4, -0.2) is 58.6 Å². The fraction of sp³-hybridized carbons (Fsp3) is 0.316. The first-order valence-electron chi connectivity index (χ1n) is 8.69. The summed E-state index contributed by atoms with van der Waals surface area (Å²) in [5.41, 5.74) is 1.24. The summed E-state index contributed by atoms with van der Waals surface area (Å²) in [4.78, 5) is 47.5. The van der Waals surface area contributed by atoms with Crippen molar-refractivity contribution in [2.75, 3.05) is 36.4 Å². The van der Waals surface area contributed by atoms with Crippen molar-refractivity contribution in [1.82, 2.24) is 14.9 Å². The van der Waals surface area contributed by atoms with Crippen LogP contribution in [0.4, 0.5) is 11.5 Å². The number of benzene rings is 1. The maximum Gasteiger partial charge on any atom is 0.275 e. The molecule has 2 amide bonds. The quantitative estimate of drug-likeness (QED) is 0.825. The molecule has 1 aliphatic heterocycles. The van der Waals surface area contributed by atoms with Crippen molar-refractivity contribution in [2.24, 2.45) is 0 Å². The van der Waals surface area contributed by atoms with Gasteiger partial charge in [-0.2, -0.15) is 0 Å². The zero-order valence-electron chi connectivity index (χ0n) is 15.3. The molecule has 0 unspecified atom stereocenters. The predicted molar refractivity (Wildman–Crippen MR) is 101 cm³/mol. The normalized spacial score (nSPS) is 14.0. The average molecular weight is 367 g/mol. The number of hydrogen-bond donors (Lipinski definition) is 1. The first kappa shape index (κ1) is 18.5. The lowest BCUT2D eigenvalue weighted by Gasteiger charge is -2.34. The fourth-order valence-electron chi connectivity index (χ4n) is 2.86. The van der Waals surface area contributed by atoms with Gasteiger partial charge in [0.25, 0.3) is 5.91 Å². The van der Waals surface area contributed by atoms with Crippen molar-refractivity contribution in [3.05, 3.63) is 47.9 Å². The third-order valence-electron chi connectivity index (χ3n) is 4.45. The number of rotatable bonds is 4. The molecular formula is C19H21N5O3. The van der Waals surface area contributed by atoms with Crippen LogP contribution in [0.3, 0.4) is 0 Å². The minimum atomic E-state index is -0.392. The Balaban J connectivity index is 1.63. The summed E-state index contributed by atoms with van der Waals surface area (Å²) in [6.45, 7) is 5.68. The van der Waals surface area contributed by atoms with Crippen LogP contribution in [0.1, 0.15) is 34.7 Å². The summed E-state index contributed by atoms with van der Waals surface area (Å²) in [5, 5.41) is 2.72. The summed E-state index contributed by atoms with van der Waals surface area (Å²) in [5.74, 6) is 0.284. The summed E-state index contributed by atoms with van der Waals surface area (Å²) >= 11 is 0. The standard InChI is InChI=1S/C19H21N5O3/c1-13(25)15-4-3-5-16(10-15)22-19(27)17-11-21-18(12-20-17)24-8-6-23(7-9-24)14(2)26/h3-5,10-12H,6-9H2,1-2H3,(H,22,27). The maximum absolute atomic E-state index is 12.3. The van der Waals surface area contributed by atoms with Gasteiger partial charge in [0, 0.05) is 44.4 Å². The Hall–Kier alpha value is -3.29. The third-order valence-corrected chi connectivity index (χ3v) is 4.45. The van der Waals surface area contributed by atoms with E-state index in [0.29, 0.717) is 43.2 Å². The van der Waals surface area contributed by atoms with Crippen molar-refractivity contribution in [2.45, 2.75) is 13.8 Å². The molecule has 1 aliphatic rings. The topological polar surface area (TPSA) is 95.5 Å². The molecule has 0 saturated carbocycles. The fourth-order valence-corrected chi connectivity index (χ4v) is 2.86. The van der Waals surface area contributed by atoms with Gasteiger partial charge in [-0.1, -0.05) is 12.1 Å². The molecule has 2 heterocycles. The van der Waals surface area contributed by atoms with Crippen LogP contribution < -0.4 is 10.2 Å². The Bertz CT molecular complexity index is 858. The van der Waals surface area contributed by atoms with E-state index in [1.54, 1.807) is 42.3 Å². The van der Waals surface area contributed by atoms with Gasteiger partial charge in [0.05, 0.1) is 12.4 Å². The first-order chi connectivity index (χ1) is 12.9. The minimum absolute atomic E-state index is 0.0693. The highest BCUT2D eigenvalue weighted by Gasteiger charge is 2.20. The first-order valence-corrected chi connectivity index (χ1v) is 8.69. The van der Waals surface area contributed by atoms with Gasteiger partial charge in [0.15, 0.2) is 5.78 Å². The lowest BCUT2D eigenvalue weighted by molar-refractivity contribution is -0.129. The Labute approximate surface area is 157 Å². The van der Waals surface area contributed by atoms with E-state index >= 15 is 0 Å². The number of nitrogens with one attached hydrogen (secondary N) is 1. The number of ketones is 1. The molecule has 3 rings (SSSR count). The molecule has 8 heteroatoms. The lowest BCUT2D eigenvalue weighted by Crippen LogP contribution is -2.48. The maximum atomic E-state index is 12.3. The second-order valence-corrected chi connectivity index (χ2v) is 6.34. The highest BCUT2D eigenvalue weighted by Crippen LogP contribution is 2.15. The van der Waals surface area contributed by atoms with Crippen molar-refractivity contribution in [1.29, 1.82) is 0 Å². The number of Topliss-reactive ketones (excluding diaryl/α,β-unsaturated/α-hetero) is 1. The van der Waals surface area contributed by atoms with Crippen LogP contribution in [0.5, 0.6) is 0 Å². The van der Waals surface area contributed by atoms with Crippen LogP contribution in [0.2, 0.25) is 0 Å². The molecular weight excluding hydrogens is 346 g/mol. The number of carbonyl (C=O) groups excluding carboxylic acids is 3. The van der Waals surface area contributed by atoms with E-state index in [-0.39, 0.29) is 17.4 Å². The molecule has 0 bridgehead atoms. The minimum Gasteiger partial charge on any atom is -0.352 e. The zero-order valence-corrected chi connectivity index (χ0v) is 15.3. The second kappa shape index (κ2) is 7.94. The van der Waals surface area contributed by atoms with Crippen LogP contribution in [-0.2, 0) is 4.79 Å². The molecule has 1 N–H and O–H groups in total. The Morgan fingerprint density at radius 2 is 1.74 bits per heavy atom. The summed E-state index contributed by atoms with van der Waals surface area (Å²) in [6.07, 6.45) is 2.99. The summed E-state index contributed by atoms with van der Waals surface area (Å²) in [6, 6.07) is 6.73. The van der Waals surface area contributed by atoms with E-state index < -0.39 is 5.91 Å². The van der Waals surface area contributed by atoms with Gasteiger partial charge in [-0.3, -0.25) is 14.4 Å². The molecule has 1 saturated heterocycles. The molecule has 0 spiro atoms. The van der Waals surface area contributed by atoms with Gasteiger partial charge in [-0.05, 0) is 19.1 Å². The van der Waals surface area contributed by atoms with Gasteiger partial charge >= 0.3 is 0 Å². The molecule has 1 fully saturated rings. The number of amides is 2. The van der Waals surface area contributed by atoms with Crippen LogP contribution >= 0.6 is 0 Å². The Kier molecular flexibility index (Phi) is 5.44. The smallest absolute Gasteiger partial charge is 0.275 e. The third kappa shape index (κ3) is 4.46. The molecule has 1 aromatic carbocycles. The number of carbonyl (C=O) groups is 3. The molecule has 1 aromatic heterocycles. The molecule has 140 valence electrons. The van der Waals surface area contributed by atoms with Crippen LogP contribution in [0.15, 0.2) is 36.7 Å². The molecule has 0 atom stereocenters. The van der Waals surface area contributed by atoms with Crippen molar-refractivity contribution in [3.63, 3.8) is 0 Å². The Morgan fingerprint density at radius 1 is 1.00 bits per heavy atom. The monoisotopic (exact) mass is 367 g/mol. The van der Waals surface area contributed by atoms with Gasteiger partial charge in [-0.15, -0.1) is 0 Å². The van der Waals surface area contributed by atoms with Gasteiger partial charge in [0.2, 0.25) is 5.91 Å². The number of anilines is 2. The summed E-state index contributed by atoms with van der Waals surface area (Å²) < 4.78 is 0. The van der Waals surface area contributed by atoms with E-state index in [4.69, 9.17) is 0 Å². The van der Waals surface area contributed by atoms with Crippen molar-refractivity contribution >= 4 is 29.1 Å². The van der Waals surface area contributed by atoms with Crippen molar-refractivity contribution in [3.8, 4) is 0 Å². The highest BCUT2D eigenvalue weighted by atomic mass is 16.2. The number of hydrogen-bond acceptors (Lipinski definition) is 6. The van der Waals surface area contributed by atoms with E-state index in [2.05, 4.69) is 15.3 Å². The van der Waals surface area contributed by atoms with Gasteiger partial charge in [-0.25, -0.2) is 9.97 Å². The number of nitrogens with zero attached hydrogens (tertiary/aromatic N) is 4. The molecule has 2 aromatic rings. The second-order valence-electron chi connectivity index (χ2n) is 6.34. The number of piperazine rings is 1. The highest BCUT2D eigenvalue weighted by molar-refractivity contribution is 6.03. The molecule has 0 radical (unpaired) electrons. The Morgan fingerprint density at radius 3 is 2.33 bits per heavy atom. The molecule has 8 nitrogen and oxygen atoms in total. The van der Waals surface area contributed by atoms with E-state index in [9.17, 15) is 14.4 Å². The lowest BCUT2D eigenvalue weighted by atomic mass is 10.1. The summed E-state index contributed by atoms with van der Waals surface area (Å²) in [7, 11) is 0.